The molecule has 0 fully saturated rings. The average molecular weight is 233 g/mol. The fraction of sp³-hybridized carbons (Fsp3) is 0.125. The summed E-state index contributed by atoms with van der Waals surface area (Å²) in [7, 11) is 0. The highest BCUT2D eigenvalue weighted by atomic mass is 35.5. The molecular formula is C8H3ClF2N2O2. The summed E-state index contributed by atoms with van der Waals surface area (Å²) in [5.74, 6) is -1.47. The van der Waals surface area contributed by atoms with Crippen molar-refractivity contribution in [2.45, 2.75) is 6.43 Å². The highest BCUT2D eigenvalue weighted by Gasteiger charge is 2.23. The van der Waals surface area contributed by atoms with Crippen LogP contribution in [-0.4, -0.2) is 16.1 Å². The predicted molar refractivity (Wildman–Crippen MR) is 45.9 cm³/mol. The summed E-state index contributed by atoms with van der Waals surface area (Å²) in [6.07, 6.45) is -2.27. The Balaban J connectivity index is 3.51. The van der Waals surface area contributed by atoms with E-state index in [4.69, 9.17) is 22.0 Å². The molecule has 0 aliphatic heterocycles. The number of carboxylic acid groups (broad SMARTS) is 1. The van der Waals surface area contributed by atoms with E-state index in [0.29, 0.717) is 0 Å². The van der Waals surface area contributed by atoms with Crippen LogP contribution in [-0.2, 0) is 0 Å². The number of aromatic nitrogens is 1. The number of nitriles is 1. The first kappa shape index (κ1) is 11.3. The van der Waals surface area contributed by atoms with Crippen LogP contribution in [0.25, 0.3) is 0 Å². The van der Waals surface area contributed by atoms with E-state index < -0.39 is 34.2 Å². The Morgan fingerprint density at radius 2 is 2.27 bits per heavy atom. The Bertz CT molecular complexity index is 457. The molecule has 7 heteroatoms. The van der Waals surface area contributed by atoms with Gasteiger partial charge in [0.15, 0.2) is 5.69 Å². The molecule has 1 heterocycles. The maximum absolute atomic E-state index is 12.5. The van der Waals surface area contributed by atoms with Gasteiger partial charge in [-0.25, -0.2) is 18.6 Å². The van der Waals surface area contributed by atoms with E-state index in [1.165, 1.54) is 6.07 Å². The topological polar surface area (TPSA) is 74.0 Å². The number of pyridine rings is 1. The molecule has 1 rings (SSSR count). The minimum Gasteiger partial charge on any atom is -0.478 e. The minimum atomic E-state index is -3.04. The lowest BCUT2D eigenvalue weighted by molar-refractivity contribution is 0.0696. The average Bonchev–Trinajstić information content (AvgIpc) is 2.15. The van der Waals surface area contributed by atoms with Gasteiger partial charge in [0.2, 0.25) is 0 Å². The molecule has 1 aromatic heterocycles. The number of alkyl halides is 2. The third-order valence-electron chi connectivity index (χ3n) is 1.61. The van der Waals surface area contributed by atoms with Gasteiger partial charge in [-0.1, -0.05) is 11.6 Å². The van der Waals surface area contributed by atoms with E-state index in [1.54, 1.807) is 0 Å². The van der Waals surface area contributed by atoms with Crippen molar-refractivity contribution < 1.29 is 18.7 Å². The number of carbonyl (C=O) groups is 1. The van der Waals surface area contributed by atoms with Gasteiger partial charge in [0.25, 0.3) is 6.43 Å². The first-order valence-electron chi connectivity index (χ1n) is 3.59. The molecule has 0 saturated heterocycles. The quantitative estimate of drug-likeness (QED) is 0.849. The van der Waals surface area contributed by atoms with Crippen molar-refractivity contribution in [3.8, 4) is 6.07 Å². The first-order valence-corrected chi connectivity index (χ1v) is 3.96. The van der Waals surface area contributed by atoms with Crippen LogP contribution in [0, 0.1) is 11.3 Å². The SMILES string of the molecule is N#Cc1ncc(C(=O)O)c(Cl)c1C(F)F. The molecule has 0 bridgehead atoms. The van der Waals surface area contributed by atoms with Crippen LogP contribution in [0.15, 0.2) is 6.20 Å². The van der Waals surface area contributed by atoms with Crippen molar-refractivity contribution in [3.05, 3.63) is 28.0 Å². The Kier molecular flexibility index (Phi) is 3.17. The van der Waals surface area contributed by atoms with E-state index >= 15 is 0 Å². The van der Waals surface area contributed by atoms with Crippen molar-refractivity contribution >= 4 is 17.6 Å². The standard InChI is InChI=1S/C8H3ClF2N2O2/c9-6-3(8(14)15)2-13-4(1-12)5(6)7(10)11/h2,7H,(H,14,15). The highest BCUT2D eigenvalue weighted by molar-refractivity contribution is 6.34. The van der Waals surface area contributed by atoms with Crippen molar-refractivity contribution in [1.82, 2.24) is 4.98 Å². The fourth-order valence-corrected chi connectivity index (χ4v) is 1.24. The van der Waals surface area contributed by atoms with E-state index in [2.05, 4.69) is 4.98 Å². The second-order valence-corrected chi connectivity index (χ2v) is 2.84. The molecule has 0 aliphatic rings. The number of aromatic carboxylic acids is 1. The van der Waals surface area contributed by atoms with Crippen LogP contribution in [0.5, 0.6) is 0 Å². The number of carboxylic acids is 1. The number of hydrogen-bond donors (Lipinski definition) is 1. The van der Waals surface area contributed by atoms with Gasteiger partial charge in [-0.2, -0.15) is 5.26 Å². The lowest BCUT2D eigenvalue weighted by Crippen LogP contribution is -2.04. The molecule has 1 aromatic rings. The molecule has 0 aliphatic carbocycles. The summed E-state index contributed by atoms with van der Waals surface area (Å²) in [4.78, 5) is 13.8. The van der Waals surface area contributed by atoms with Gasteiger partial charge in [0.1, 0.15) is 6.07 Å². The van der Waals surface area contributed by atoms with Crippen molar-refractivity contribution in [2.24, 2.45) is 0 Å². The smallest absolute Gasteiger partial charge is 0.338 e. The van der Waals surface area contributed by atoms with E-state index in [-0.39, 0.29) is 0 Å². The van der Waals surface area contributed by atoms with E-state index in [0.717, 1.165) is 6.20 Å². The van der Waals surface area contributed by atoms with Crippen molar-refractivity contribution in [3.63, 3.8) is 0 Å². The zero-order valence-corrected chi connectivity index (χ0v) is 7.79. The molecule has 0 saturated carbocycles. The summed E-state index contributed by atoms with van der Waals surface area (Å²) in [5, 5.41) is 16.4. The largest absolute Gasteiger partial charge is 0.478 e. The van der Waals surface area contributed by atoms with Crippen LogP contribution in [0.1, 0.15) is 28.0 Å². The Morgan fingerprint density at radius 3 is 2.67 bits per heavy atom. The third kappa shape index (κ3) is 2.02. The molecule has 0 spiro atoms. The molecule has 0 aromatic carbocycles. The number of rotatable bonds is 2. The minimum absolute atomic E-state index is 0.550. The molecule has 0 unspecified atom stereocenters. The Morgan fingerprint density at radius 1 is 1.67 bits per heavy atom. The zero-order valence-electron chi connectivity index (χ0n) is 7.04. The molecule has 4 nitrogen and oxygen atoms in total. The van der Waals surface area contributed by atoms with Gasteiger partial charge in [-0.05, 0) is 0 Å². The van der Waals surface area contributed by atoms with Crippen molar-refractivity contribution in [1.29, 1.82) is 5.26 Å². The molecule has 15 heavy (non-hydrogen) atoms. The van der Waals surface area contributed by atoms with Crippen LogP contribution in [0.2, 0.25) is 5.02 Å². The number of nitrogens with zero attached hydrogens (tertiary/aromatic N) is 2. The molecule has 78 valence electrons. The fourth-order valence-electron chi connectivity index (χ4n) is 0.942. The first-order chi connectivity index (χ1) is 6.99. The number of hydrogen-bond acceptors (Lipinski definition) is 3. The summed E-state index contributed by atoms with van der Waals surface area (Å²) in [6, 6.07) is 1.42. The van der Waals surface area contributed by atoms with Crippen LogP contribution < -0.4 is 0 Å². The summed E-state index contributed by atoms with van der Waals surface area (Å²) < 4.78 is 24.9. The second kappa shape index (κ2) is 4.19. The van der Waals surface area contributed by atoms with Gasteiger partial charge >= 0.3 is 5.97 Å². The molecule has 0 radical (unpaired) electrons. The Hall–Kier alpha value is -1.74. The van der Waals surface area contributed by atoms with E-state index in [1.807, 2.05) is 0 Å². The maximum Gasteiger partial charge on any atom is 0.338 e. The van der Waals surface area contributed by atoms with E-state index in [9.17, 15) is 13.6 Å². The molecule has 1 N–H and O–H groups in total. The lowest BCUT2D eigenvalue weighted by atomic mass is 10.1. The summed E-state index contributed by atoms with van der Waals surface area (Å²) >= 11 is 5.43. The van der Waals surface area contributed by atoms with Gasteiger partial charge in [-0.15, -0.1) is 0 Å². The second-order valence-electron chi connectivity index (χ2n) is 2.47. The van der Waals surface area contributed by atoms with Crippen LogP contribution >= 0.6 is 11.6 Å². The zero-order chi connectivity index (χ0) is 11.6. The predicted octanol–water partition coefficient (Wildman–Crippen LogP) is 2.24. The summed E-state index contributed by atoms with van der Waals surface area (Å²) in [5.41, 5.74) is -1.97. The summed E-state index contributed by atoms with van der Waals surface area (Å²) in [6.45, 7) is 0. The molecule has 0 amide bonds. The highest BCUT2D eigenvalue weighted by Crippen LogP contribution is 2.31. The van der Waals surface area contributed by atoms with Crippen LogP contribution in [0.4, 0.5) is 8.78 Å². The Labute approximate surface area is 87.7 Å². The third-order valence-corrected chi connectivity index (χ3v) is 2.01. The van der Waals surface area contributed by atoms with Crippen molar-refractivity contribution in [2.75, 3.05) is 0 Å². The molecular weight excluding hydrogens is 230 g/mol. The lowest BCUT2D eigenvalue weighted by Gasteiger charge is -2.06. The number of halogens is 3. The van der Waals surface area contributed by atoms with Gasteiger partial charge in [0.05, 0.1) is 16.1 Å². The normalized spacial score (nSPS) is 10.1. The molecule has 0 atom stereocenters. The van der Waals surface area contributed by atoms with Crippen LogP contribution in [0.3, 0.4) is 0 Å². The van der Waals surface area contributed by atoms with Gasteiger partial charge in [0, 0.05) is 6.20 Å². The monoisotopic (exact) mass is 232 g/mol. The van der Waals surface area contributed by atoms with Gasteiger partial charge < -0.3 is 5.11 Å². The van der Waals surface area contributed by atoms with Gasteiger partial charge in [-0.3, -0.25) is 0 Å². The maximum atomic E-state index is 12.5.